The first kappa shape index (κ1) is 9.51. The van der Waals surface area contributed by atoms with Gasteiger partial charge in [-0.3, -0.25) is 4.68 Å². The van der Waals surface area contributed by atoms with Crippen LogP contribution in [0.1, 0.15) is 13.8 Å². The normalized spacial score (nSPS) is 9.15. The van der Waals surface area contributed by atoms with Gasteiger partial charge in [-0.15, -0.1) is 0 Å². The quantitative estimate of drug-likeness (QED) is 0.673. The van der Waals surface area contributed by atoms with Crippen LogP contribution in [0.25, 0.3) is 11.5 Å². The zero-order valence-electron chi connectivity index (χ0n) is 8.06. The molecule has 0 saturated carbocycles. The first-order valence-corrected chi connectivity index (χ1v) is 4.27. The summed E-state index contributed by atoms with van der Waals surface area (Å²) in [5, 5.41) is 7.72. The summed E-state index contributed by atoms with van der Waals surface area (Å²) in [5.41, 5.74) is 0.810. The first-order chi connectivity index (χ1) is 6.36. The molecule has 0 radical (unpaired) electrons. The highest BCUT2D eigenvalue weighted by Crippen LogP contribution is 2.14. The summed E-state index contributed by atoms with van der Waals surface area (Å²) in [6.45, 7) is 4.00. The maximum atomic E-state index is 4.91. The van der Waals surface area contributed by atoms with E-state index in [0.717, 1.165) is 5.69 Å². The Balaban J connectivity index is 0.000000396. The molecule has 2 rings (SSSR count). The van der Waals surface area contributed by atoms with E-state index in [1.807, 2.05) is 33.2 Å². The molecule has 4 nitrogen and oxygen atoms in total. The highest BCUT2D eigenvalue weighted by Gasteiger charge is 2.02. The number of rotatable bonds is 1. The molecule has 4 heteroatoms. The van der Waals surface area contributed by atoms with Crippen molar-refractivity contribution in [1.82, 2.24) is 14.9 Å². The smallest absolute Gasteiger partial charge is 0.187 e. The van der Waals surface area contributed by atoms with Gasteiger partial charge in [-0.2, -0.15) is 5.10 Å². The molecule has 0 atom stereocenters. The predicted octanol–water partition coefficient (Wildman–Crippen LogP) is 2.10. The summed E-state index contributed by atoms with van der Waals surface area (Å²) < 4.78 is 6.63. The minimum Gasteiger partial charge on any atom is -0.355 e. The van der Waals surface area contributed by atoms with Gasteiger partial charge in [0.05, 0.1) is 6.20 Å². The summed E-state index contributed by atoms with van der Waals surface area (Å²) in [6, 6.07) is 3.66. The van der Waals surface area contributed by atoms with Gasteiger partial charge in [0, 0.05) is 19.3 Å². The van der Waals surface area contributed by atoms with Crippen LogP contribution in [0.2, 0.25) is 0 Å². The van der Waals surface area contributed by atoms with E-state index in [4.69, 9.17) is 4.52 Å². The molecule has 0 amide bonds. The summed E-state index contributed by atoms with van der Waals surface area (Å²) >= 11 is 0. The van der Waals surface area contributed by atoms with Gasteiger partial charge in [-0.05, 0) is 6.07 Å². The third-order valence-electron chi connectivity index (χ3n) is 1.40. The molecular formula is C9H13N3O. The Morgan fingerprint density at radius 3 is 2.54 bits per heavy atom. The molecule has 70 valence electrons. The van der Waals surface area contributed by atoms with E-state index in [-0.39, 0.29) is 0 Å². The molecule has 0 aliphatic carbocycles. The van der Waals surface area contributed by atoms with Gasteiger partial charge in [-0.25, -0.2) is 0 Å². The van der Waals surface area contributed by atoms with Crippen molar-refractivity contribution < 1.29 is 4.52 Å². The van der Waals surface area contributed by atoms with Crippen LogP contribution in [0.5, 0.6) is 0 Å². The molecule has 13 heavy (non-hydrogen) atoms. The van der Waals surface area contributed by atoms with Crippen LogP contribution >= 0.6 is 0 Å². The van der Waals surface area contributed by atoms with Crippen LogP contribution in [-0.4, -0.2) is 14.9 Å². The summed E-state index contributed by atoms with van der Waals surface area (Å²) in [6.07, 6.45) is 3.46. The van der Waals surface area contributed by atoms with Gasteiger partial charge in [0.25, 0.3) is 0 Å². The number of hydrogen-bond donors (Lipinski definition) is 0. The minimum absolute atomic E-state index is 0.700. The minimum atomic E-state index is 0.700. The number of nitrogens with zero attached hydrogens (tertiary/aromatic N) is 3. The van der Waals surface area contributed by atoms with Crippen LogP contribution in [0, 0.1) is 0 Å². The molecule has 0 bridgehead atoms. The molecule has 0 spiro atoms. The second-order valence-electron chi connectivity index (χ2n) is 2.25. The Bertz CT molecular complexity index is 337. The molecule has 0 N–H and O–H groups in total. The predicted molar refractivity (Wildman–Crippen MR) is 50.1 cm³/mol. The van der Waals surface area contributed by atoms with E-state index in [9.17, 15) is 0 Å². The standard InChI is InChI=1S/C7H7N3O.C2H6/c1-10-5-3-6(9-10)7-2-4-8-11-7;1-2/h2-5H,1H3;1-2H3. The van der Waals surface area contributed by atoms with Crippen LogP contribution in [-0.2, 0) is 7.05 Å². The van der Waals surface area contributed by atoms with Gasteiger partial charge in [0.1, 0.15) is 5.69 Å². The number of aryl methyl sites for hydroxylation is 1. The van der Waals surface area contributed by atoms with Crippen molar-refractivity contribution in [2.24, 2.45) is 7.05 Å². The van der Waals surface area contributed by atoms with Crippen LogP contribution in [0.4, 0.5) is 0 Å². The number of aromatic nitrogens is 3. The van der Waals surface area contributed by atoms with Gasteiger partial charge in [0.15, 0.2) is 5.76 Å². The van der Waals surface area contributed by atoms with Crippen molar-refractivity contribution in [1.29, 1.82) is 0 Å². The lowest BCUT2D eigenvalue weighted by molar-refractivity contribution is 0.430. The molecular weight excluding hydrogens is 166 g/mol. The van der Waals surface area contributed by atoms with E-state index in [1.54, 1.807) is 16.9 Å². The average Bonchev–Trinajstić information content (AvgIpc) is 2.77. The lowest BCUT2D eigenvalue weighted by Gasteiger charge is -1.85. The maximum absolute atomic E-state index is 4.91. The molecule has 0 aliphatic heterocycles. The van der Waals surface area contributed by atoms with Crippen molar-refractivity contribution in [2.45, 2.75) is 13.8 Å². The number of hydrogen-bond acceptors (Lipinski definition) is 3. The van der Waals surface area contributed by atoms with Crippen LogP contribution in [0.15, 0.2) is 29.0 Å². The summed E-state index contributed by atoms with van der Waals surface area (Å²) in [5.74, 6) is 0.700. The third kappa shape index (κ3) is 2.18. The van der Waals surface area contributed by atoms with E-state index in [2.05, 4.69) is 10.3 Å². The van der Waals surface area contributed by atoms with E-state index in [0.29, 0.717) is 5.76 Å². The summed E-state index contributed by atoms with van der Waals surface area (Å²) in [7, 11) is 1.86. The Hall–Kier alpha value is -1.58. The molecule has 0 saturated heterocycles. The maximum Gasteiger partial charge on any atom is 0.187 e. The third-order valence-corrected chi connectivity index (χ3v) is 1.40. The molecule has 2 heterocycles. The van der Waals surface area contributed by atoms with E-state index >= 15 is 0 Å². The second kappa shape index (κ2) is 4.45. The van der Waals surface area contributed by atoms with Crippen molar-refractivity contribution in [3.8, 4) is 11.5 Å². The van der Waals surface area contributed by atoms with Gasteiger partial charge >= 0.3 is 0 Å². The zero-order chi connectivity index (χ0) is 9.68. The SMILES string of the molecule is CC.Cn1ccc(-c2ccno2)n1. The zero-order valence-corrected chi connectivity index (χ0v) is 8.06. The lowest BCUT2D eigenvalue weighted by Crippen LogP contribution is -1.86. The molecule has 0 fully saturated rings. The topological polar surface area (TPSA) is 43.9 Å². The van der Waals surface area contributed by atoms with Crippen molar-refractivity contribution in [3.05, 3.63) is 24.5 Å². The van der Waals surface area contributed by atoms with Crippen molar-refractivity contribution >= 4 is 0 Å². The second-order valence-corrected chi connectivity index (χ2v) is 2.25. The lowest BCUT2D eigenvalue weighted by atomic mass is 10.3. The molecule has 0 aliphatic rings. The fourth-order valence-electron chi connectivity index (χ4n) is 0.894. The first-order valence-electron chi connectivity index (χ1n) is 4.27. The van der Waals surface area contributed by atoms with Gasteiger partial charge in [0.2, 0.25) is 0 Å². The summed E-state index contributed by atoms with van der Waals surface area (Å²) in [4.78, 5) is 0. The van der Waals surface area contributed by atoms with E-state index < -0.39 is 0 Å². The fourth-order valence-corrected chi connectivity index (χ4v) is 0.894. The van der Waals surface area contributed by atoms with Crippen molar-refractivity contribution in [3.63, 3.8) is 0 Å². The van der Waals surface area contributed by atoms with Gasteiger partial charge < -0.3 is 4.52 Å². The Labute approximate surface area is 77.2 Å². The van der Waals surface area contributed by atoms with Crippen LogP contribution < -0.4 is 0 Å². The molecule has 0 aromatic carbocycles. The Morgan fingerprint density at radius 1 is 1.31 bits per heavy atom. The monoisotopic (exact) mass is 179 g/mol. The molecule has 2 aromatic rings. The largest absolute Gasteiger partial charge is 0.355 e. The highest BCUT2D eigenvalue weighted by molar-refractivity contribution is 5.49. The van der Waals surface area contributed by atoms with Crippen molar-refractivity contribution in [2.75, 3.05) is 0 Å². The van der Waals surface area contributed by atoms with Crippen LogP contribution in [0.3, 0.4) is 0 Å². The van der Waals surface area contributed by atoms with E-state index in [1.165, 1.54) is 0 Å². The van der Waals surface area contributed by atoms with Gasteiger partial charge in [-0.1, -0.05) is 19.0 Å². The highest BCUT2D eigenvalue weighted by atomic mass is 16.5. The molecule has 2 aromatic heterocycles. The Kier molecular flexibility index (Phi) is 3.25. The average molecular weight is 179 g/mol. The fraction of sp³-hybridized carbons (Fsp3) is 0.333. The Morgan fingerprint density at radius 2 is 2.08 bits per heavy atom. The molecule has 0 unspecified atom stereocenters.